The van der Waals surface area contributed by atoms with Gasteiger partial charge < -0.3 is 11.1 Å². The van der Waals surface area contributed by atoms with Crippen LogP contribution in [0.4, 0.5) is 5.69 Å². The summed E-state index contributed by atoms with van der Waals surface area (Å²) in [4.78, 5) is 11.8. The van der Waals surface area contributed by atoms with E-state index in [1.54, 1.807) is 12.1 Å². The highest BCUT2D eigenvalue weighted by molar-refractivity contribution is 7.98. The first-order valence-electron chi connectivity index (χ1n) is 5.87. The van der Waals surface area contributed by atoms with Gasteiger partial charge in [0.2, 0.25) is 0 Å². The van der Waals surface area contributed by atoms with E-state index in [0.29, 0.717) is 11.3 Å². The van der Waals surface area contributed by atoms with Gasteiger partial charge in [0.15, 0.2) is 0 Å². The Kier molecular flexibility index (Phi) is 6.55. The Morgan fingerprint density at radius 3 is 2.76 bits per heavy atom. The molecule has 1 amide bonds. The van der Waals surface area contributed by atoms with Crippen LogP contribution in [0.1, 0.15) is 29.6 Å². The minimum absolute atomic E-state index is 0.0760. The minimum Gasteiger partial charge on any atom is -0.398 e. The van der Waals surface area contributed by atoms with Gasteiger partial charge in [-0.2, -0.15) is 11.8 Å². The molecule has 0 fully saturated rings. The molecule has 0 aliphatic carbocycles. The fourth-order valence-corrected chi connectivity index (χ4v) is 2.04. The number of anilines is 1. The molecule has 0 saturated heterocycles. The van der Waals surface area contributed by atoms with E-state index < -0.39 is 0 Å². The van der Waals surface area contributed by atoms with Crippen molar-refractivity contribution in [1.29, 1.82) is 0 Å². The van der Waals surface area contributed by atoms with Gasteiger partial charge in [0.25, 0.3) is 5.91 Å². The van der Waals surface area contributed by atoms with E-state index >= 15 is 0 Å². The Hall–Kier alpha value is -1.16. The lowest BCUT2D eigenvalue weighted by Crippen LogP contribution is -2.25. The molecule has 0 atom stereocenters. The Bertz CT molecular complexity index is 355. The fraction of sp³-hybridized carbons (Fsp3) is 0.462. The van der Waals surface area contributed by atoms with Crippen LogP contribution >= 0.6 is 11.8 Å². The lowest BCUT2D eigenvalue weighted by Gasteiger charge is -2.07. The predicted octanol–water partition coefficient (Wildman–Crippen LogP) is 2.53. The van der Waals surface area contributed by atoms with E-state index in [4.69, 9.17) is 5.73 Å². The van der Waals surface area contributed by atoms with Gasteiger partial charge in [-0.15, -0.1) is 0 Å². The quantitative estimate of drug-likeness (QED) is 0.579. The molecule has 1 aromatic carbocycles. The number of rotatable bonds is 7. The number of thioether (sulfide) groups is 1. The molecular weight excluding hydrogens is 232 g/mol. The van der Waals surface area contributed by atoms with Crippen molar-refractivity contribution in [2.24, 2.45) is 0 Å². The lowest BCUT2D eigenvalue weighted by molar-refractivity contribution is 0.0954. The maximum atomic E-state index is 11.8. The number of hydrogen-bond donors (Lipinski definition) is 2. The van der Waals surface area contributed by atoms with Gasteiger partial charge in [-0.05, 0) is 37.0 Å². The van der Waals surface area contributed by atoms with Crippen molar-refractivity contribution >= 4 is 23.4 Å². The first kappa shape index (κ1) is 13.9. The van der Waals surface area contributed by atoms with E-state index in [0.717, 1.165) is 19.4 Å². The summed E-state index contributed by atoms with van der Waals surface area (Å²) in [7, 11) is 0. The second-order valence-electron chi connectivity index (χ2n) is 3.90. The largest absolute Gasteiger partial charge is 0.398 e. The second-order valence-corrected chi connectivity index (χ2v) is 4.88. The normalized spacial score (nSPS) is 10.2. The highest BCUT2D eigenvalue weighted by Gasteiger charge is 2.07. The third-order valence-corrected chi connectivity index (χ3v) is 3.21. The maximum Gasteiger partial charge on any atom is 0.253 e. The molecular formula is C13H20N2OS. The highest BCUT2D eigenvalue weighted by Crippen LogP contribution is 2.10. The van der Waals surface area contributed by atoms with Crippen molar-refractivity contribution in [2.75, 3.05) is 24.3 Å². The number of hydrogen-bond acceptors (Lipinski definition) is 3. The third kappa shape index (κ3) is 5.13. The summed E-state index contributed by atoms with van der Waals surface area (Å²) in [6.07, 6.45) is 5.51. The maximum absolute atomic E-state index is 11.8. The molecule has 0 spiro atoms. The van der Waals surface area contributed by atoms with Crippen LogP contribution in [0.2, 0.25) is 0 Å². The summed E-state index contributed by atoms with van der Waals surface area (Å²) in [6.45, 7) is 0.724. The van der Waals surface area contributed by atoms with Crippen LogP contribution in [-0.2, 0) is 0 Å². The average molecular weight is 252 g/mol. The highest BCUT2D eigenvalue weighted by atomic mass is 32.2. The zero-order valence-corrected chi connectivity index (χ0v) is 11.1. The predicted molar refractivity (Wildman–Crippen MR) is 75.4 cm³/mol. The number of benzene rings is 1. The standard InChI is InChI=1S/C13H20N2OS/c1-17-10-6-2-5-9-15-13(16)11-7-3-4-8-12(11)14/h3-4,7-8H,2,5-6,9-10,14H2,1H3,(H,15,16). The molecule has 0 heterocycles. The Morgan fingerprint density at radius 2 is 2.06 bits per heavy atom. The smallest absolute Gasteiger partial charge is 0.253 e. The van der Waals surface area contributed by atoms with Crippen molar-refractivity contribution in [2.45, 2.75) is 19.3 Å². The van der Waals surface area contributed by atoms with Crippen LogP contribution < -0.4 is 11.1 Å². The number of unbranched alkanes of at least 4 members (excludes halogenated alkanes) is 2. The summed E-state index contributed by atoms with van der Waals surface area (Å²) < 4.78 is 0. The molecule has 0 aliphatic heterocycles. The number of carbonyl (C=O) groups is 1. The Morgan fingerprint density at radius 1 is 1.29 bits per heavy atom. The molecule has 1 rings (SSSR count). The molecule has 3 N–H and O–H groups in total. The van der Waals surface area contributed by atoms with Crippen LogP contribution in [0.15, 0.2) is 24.3 Å². The number of nitrogen functional groups attached to an aromatic ring is 1. The number of nitrogens with one attached hydrogen (secondary N) is 1. The molecule has 0 saturated carbocycles. The van der Waals surface area contributed by atoms with Crippen LogP contribution in [0.5, 0.6) is 0 Å². The van der Waals surface area contributed by atoms with Gasteiger partial charge in [-0.1, -0.05) is 18.6 Å². The van der Waals surface area contributed by atoms with Crippen molar-refractivity contribution in [3.8, 4) is 0 Å². The average Bonchev–Trinajstić information content (AvgIpc) is 2.34. The zero-order chi connectivity index (χ0) is 12.5. The number of carbonyl (C=O) groups excluding carboxylic acids is 1. The summed E-state index contributed by atoms with van der Waals surface area (Å²) in [6, 6.07) is 7.14. The summed E-state index contributed by atoms with van der Waals surface area (Å²) in [5, 5.41) is 2.89. The van der Waals surface area contributed by atoms with Crippen molar-refractivity contribution in [1.82, 2.24) is 5.32 Å². The SMILES string of the molecule is CSCCCCCNC(=O)c1ccccc1N. The van der Waals surface area contributed by atoms with Crippen molar-refractivity contribution < 1.29 is 4.79 Å². The van der Waals surface area contributed by atoms with Crippen LogP contribution in [0, 0.1) is 0 Å². The van der Waals surface area contributed by atoms with Crippen molar-refractivity contribution in [3.05, 3.63) is 29.8 Å². The van der Waals surface area contributed by atoms with Gasteiger partial charge in [-0.3, -0.25) is 4.79 Å². The number of amides is 1. The van der Waals surface area contributed by atoms with Crippen LogP contribution in [0.25, 0.3) is 0 Å². The van der Waals surface area contributed by atoms with Crippen molar-refractivity contribution in [3.63, 3.8) is 0 Å². The zero-order valence-electron chi connectivity index (χ0n) is 10.2. The Labute approximate surface area is 107 Å². The lowest BCUT2D eigenvalue weighted by atomic mass is 10.1. The van der Waals surface area contributed by atoms with E-state index in [-0.39, 0.29) is 5.91 Å². The Balaban J connectivity index is 2.24. The van der Waals surface area contributed by atoms with Gasteiger partial charge in [0.05, 0.1) is 5.56 Å². The van der Waals surface area contributed by atoms with E-state index in [1.807, 2.05) is 23.9 Å². The topological polar surface area (TPSA) is 55.1 Å². The third-order valence-electron chi connectivity index (χ3n) is 2.52. The van der Waals surface area contributed by atoms with Gasteiger partial charge >= 0.3 is 0 Å². The summed E-state index contributed by atoms with van der Waals surface area (Å²) >= 11 is 1.86. The molecule has 0 bridgehead atoms. The van der Waals surface area contributed by atoms with E-state index in [9.17, 15) is 4.79 Å². The van der Waals surface area contributed by atoms with Crippen LogP contribution in [0.3, 0.4) is 0 Å². The van der Waals surface area contributed by atoms with Crippen LogP contribution in [-0.4, -0.2) is 24.5 Å². The molecule has 0 aliphatic rings. The van der Waals surface area contributed by atoms with Gasteiger partial charge in [0, 0.05) is 12.2 Å². The molecule has 0 aromatic heterocycles. The molecule has 17 heavy (non-hydrogen) atoms. The monoisotopic (exact) mass is 252 g/mol. The second kappa shape index (κ2) is 8.01. The molecule has 0 radical (unpaired) electrons. The fourth-order valence-electron chi connectivity index (χ4n) is 1.55. The number of nitrogens with two attached hydrogens (primary N) is 1. The van der Waals surface area contributed by atoms with Gasteiger partial charge in [0.1, 0.15) is 0 Å². The molecule has 1 aromatic rings. The van der Waals surface area contributed by atoms with E-state index in [1.165, 1.54) is 12.2 Å². The van der Waals surface area contributed by atoms with Gasteiger partial charge in [-0.25, -0.2) is 0 Å². The summed E-state index contributed by atoms with van der Waals surface area (Å²) in [5.74, 6) is 1.12. The molecule has 4 heteroatoms. The molecule has 3 nitrogen and oxygen atoms in total. The first-order chi connectivity index (χ1) is 8.25. The summed E-state index contributed by atoms with van der Waals surface area (Å²) in [5.41, 5.74) is 6.83. The van der Waals surface area contributed by atoms with E-state index in [2.05, 4.69) is 11.6 Å². The number of para-hydroxylation sites is 1. The minimum atomic E-state index is -0.0760. The molecule has 0 unspecified atom stereocenters. The molecule has 94 valence electrons. The first-order valence-corrected chi connectivity index (χ1v) is 7.26.